The molecule has 0 aliphatic carbocycles. The van der Waals surface area contributed by atoms with E-state index in [0.29, 0.717) is 18.3 Å². The summed E-state index contributed by atoms with van der Waals surface area (Å²) >= 11 is 0. The SMILES string of the molecule is Cc1ccccc1CNc1cnnc(Nc2ccccc2C(C)(C)C)n1. The highest BCUT2D eigenvalue weighted by atomic mass is 15.3. The molecule has 0 saturated carbocycles. The average Bonchev–Trinajstić information content (AvgIpc) is 2.61. The van der Waals surface area contributed by atoms with Crippen molar-refractivity contribution < 1.29 is 0 Å². The number of nitrogens with zero attached hydrogens (tertiary/aromatic N) is 3. The summed E-state index contributed by atoms with van der Waals surface area (Å²) in [4.78, 5) is 4.54. The van der Waals surface area contributed by atoms with Crippen molar-refractivity contribution in [3.8, 4) is 0 Å². The maximum atomic E-state index is 4.54. The number of anilines is 3. The summed E-state index contributed by atoms with van der Waals surface area (Å²) < 4.78 is 0. The number of aromatic nitrogens is 3. The van der Waals surface area contributed by atoms with Crippen LogP contribution in [0.5, 0.6) is 0 Å². The Hall–Kier alpha value is -2.95. The first kappa shape index (κ1) is 17.9. The van der Waals surface area contributed by atoms with Crippen molar-refractivity contribution in [2.75, 3.05) is 10.6 Å². The quantitative estimate of drug-likeness (QED) is 0.692. The van der Waals surface area contributed by atoms with Crippen LogP contribution >= 0.6 is 0 Å². The summed E-state index contributed by atoms with van der Waals surface area (Å²) in [6, 6.07) is 16.5. The molecule has 0 fully saturated rings. The van der Waals surface area contributed by atoms with Gasteiger partial charge in [-0.3, -0.25) is 0 Å². The minimum absolute atomic E-state index is 0.0255. The molecule has 2 aromatic carbocycles. The Morgan fingerprint density at radius 3 is 2.46 bits per heavy atom. The fourth-order valence-corrected chi connectivity index (χ4v) is 2.80. The predicted octanol–water partition coefficient (Wildman–Crippen LogP) is 4.83. The van der Waals surface area contributed by atoms with E-state index in [1.165, 1.54) is 16.7 Å². The van der Waals surface area contributed by atoms with Gasteiger partial charge >= 0.3 is 0 Å². The van der Waals surface area contributed by atoms with E-state index < -0.39 is 0 Å². The number of hydrogen-bond donors (Lipinski definition) is 2. The molecule has 5 nitrogen and oxygen atoms in total. The van der Waals surface area contributed by atoms with E-state index in [-0.39, 0.29) is 5.41 Å². The van der Waals surface area contributed by atoms with Crippen LogP contribution in [0.15, 0.2) is 54.7 Å². The van der Waals surface area contributed by atoms with Crippen LogP contribution in [0.3, 0.4) is 0 Å². The molecule has 134 valence electrons. The molecule has 5 heteroatoms. The maximum Gasteiger partial charge on any atom is 0.249 e. The van der Waals surface area contributed by atoms with Crippen molar-refractivity contribution in [1.82, 2.24) is 15.2 Å². The fourth-order valence-electron chi connectivity index (χ4n) is 2.80. The van der Waals surface area contributed by atoms with Crippen LogP contribution in [0.4, 0.5) is 17.5 Å². The van der Waals surface area contributed by atoms with Crippen molar-refractivity contribution in [3.05, 3.63) is 71.4 Å². The van der Waals surface area contributed by atoms with E-state index in [9.17, 15) is 0 Å². The first-order valence-electron chi connectivity index (χ1n) is 8.78. The molecular formula is C21H25N5. The van der Waals surface area contributed by atoms with E-state index in [2.05, 4.69) is 71.7 Å². The molecule has 0 aliphatic heterocycles. The van der Waals surface area contributed by atoms with E-state index in [1.54, 1.807) is 6.20 Å². The molecule has 0 atom stereocenters. The summed E-state index contributed by atoms with van der Waals surface area (Å²) in [5.41, 5.74) is 4.72. The lowest BCUT2D eigenvalue weighted by molar-refractivity contribution is 0.592. The molecule has 0 amide bonds. The van der Waals surface area contributed by atoms with Crippen LogP contribution in [0.25, 0.3) is 0 Å². The van der Waals surface area contributed by atoms with Crippen LogP contribution in [-0.2, 0) is 12.0 Å². The lowest BCUT2D eigenvalue weighted by Crippen LogP contribution is -2.14. The smallest absolute Gasteiger partial charge is 0.249 e. The van der Waals surface area contributed by atoms with Crippen LogP contribution in [0.1, 0.15) is 37.5 Å². The van der Waals surface area contributed by atoms with E-state index in [0.717, 1.165) is 5.69 Å². The topological polar surface area (TPSA) is 62.7 Å². The third-order valence-corrected chi connectivity index (χ3v) is 4.26. The molecule has 0 spiro atoms. The molecule has 0 aliphatic rings. The Kier molecular flexibility index (Phi) is 5.16. The molecule has 1 heterocycles. The lowest BCUT2D eigenvalue weighted by atomic mass is 9.86. The third-order valence-electron chi connectivity index (χ3n) is 4.26. The maximum absolute atomic E-state index is 4.54. The van der Waals surface area contributed by atoms with Crippen molar-refractivity contribution in [2.24, 2.45) is 0 Å². The van der Waals surface area contributed by atoms with Gasteiger partial charge in [-0.2, -0.15) is 10.1 Å². The zero-order chi connectivity index (χ0) is 18.6. The summed E-state index contributed by atoms with van der Waals surface area (Å²) in [6.07, 6.45) is 1.64. The standard InChI is InChI=1S/C21H25N5/c1-15-9-5-6-10-16(15)13-22-19-14-23-26-20(25-19)24-18-12-8-7-11-17(18)21(2,3)4/h5-12,14H,13H2,1-4H3,(H2,22,24,25,26). The van der Waals surface area contributed by atoms with Gasteiger partial charge in [0.1, 0.15) is 0 Å². The first-order chi connectivity index (χ1) is 12.4. The van der Waals surface area contributed by atoms with Gasteiger partial charge in [0.05, 0.1) is 6.20 Å². The Morgan fingerprint density at radius 1 is 0.962 bits per heavy atom. The second-order valence-corrected chi connectivity index (χ2v) is 7.37. The van der Waals surface area contributed by atoms with Gasteiger partial charge in [0.25, 0.3) is 0 Å². The molecule has 0 saturated heterocycles. The Morgan fingerprint density at radius 2 is 1.69 bits per heavy atom. The third kappa shape index (κ3) is 4.36. The molecule has 0 unspecified atom stereocenters. The second-order valence-electron chi connectivity index (χ2n) is 7.37. The molecule has 1 aromatic heterocycles. The summed E-state index contributed by atoms with van der Waals surface area (Å²) in [7, 11) is 0. The van der Waals surface area contributed by atoms with Gasteiger partial charge in [0.2, 0.25) is 5.95 Å². The minimum Gasteiger partial charge on any atom is -0.365 e. The molecule has 3 rings (SSSR count). The molecule has 26 heavy (non-hydrogen) atoms. The van der Waals surface area contributed by atoms with Crippen molar-refractivity contribution >= 4 is 17.5 Å². The van der Waals surface area contributed by atoms with E-state index >= 15 is 0 Å². The lowest BCUT2D eigenvalue weighted by Gasteiger charge is -2.22. The van der Waals surface area contributed by atoms with E-state index in [1.807, 2.05) is 30.3 Å². The number of rotatable bonds is 5. The van der Waals surface area contributed by atoms with Crippen LogP contribution < -0.4 is 10.6 Å². The van der Waals surface area contributed by atoms with Gasteiger partial charge in [-0.1, -0.05) is 63.2 Å². The molecule has 0 bridgehead atoms. The van der Waals surface area contributed by atoms with Gasteiger partial charge in [-0.25, -0.2) is 0 Å². The summed E-state index contributed by atoms with van der Waals surface area (Å²) in [5, 5.41) is 14.8. The highest BCUT2D eigenvalue weighted by molar-refractivity contribution is 5.60. The van der Waals surface area contributed by atoms with Gasteiger partial charge < -0.3 is 10.6 Å². The first-order valence-corrected chi connectivity index (χ1v) is 8.78. The zero-order valence-electron chi connectivity index (χ0n) is 15.7. The fraction of sp³-hybridized carbons (Fsp3) is 0.286. The number of para-hydroxylation sites is 1. The van der Waals surface area contributed by atoms with E-state index in [4.69, 9.17) is 0 Å². The number of aryl methyl sites for hydroxylation is 1. The largest absolute Gasteiger partial charge is 0.365 e. The minimum atomic E-state index is 0.0255. The van der Waals surface area contributed by atoms with Gasteiger partial charge in [-0.05, 0) is 35.1 Å². The molecular weight excluding hydrogens is 322 g/mol. The van der Waals surface area contributed by atoms with Crippen LogP contribution in [0.2, 0.25) is 0 Å². The Bertz CT molecular complexity index is 883. The van der Waals surface area contributed by atoms with Gasteiger partial charge in [0.15, 0.2) is 5.82 Å². The number of hydrogen-bond acceptors (Lipinski definition) is 5. The average molecular weight is 347 g/mol. The normalized spacial score (nSPS) is 11.2. The predicted molar refractivity (Wildman–Crippen MR) is 107 cm³/mol. The van der Waals surface area contributed by atoms with Crippen molar-refractivity contribution in [2.45, 2.75) is 39.7 Å². The van der Waals surface area contributed by atoms with Gasteiger partial charge in [0, 0.05) is 12.2 Å². The summed E-state index contributed by atoms with van der Waals surface area (Å²) in [5.74, 6) is 1.18. The summed E-state index contributed by atoms with van der Waals surface area (Å²) in [6.45, 7) is 9.36. The van der Waals surface area contributed by atoms with Crippen LogP contribution in [-0.4, -0.2) is 15.2 Å². The number of benzene rings is 2. The van der Waals surface area contributed by atoms with Crippen molar-refractivity contribution in [3.63, 3.8) is 0 Å². The zero-order valence-corrected chi connectivity index (χ0v) is 15.7. The molecule has 0 radical (unpaired) electrons. The van der Waals surface area contributed by atoms with Crippen LogP contribution in [0, 0.1) is 6.92 Å². The Balaban J connectivity index is 1.75. The molecule has 3 aromatic rings. The molecule has 2 N–H and O–H groups in total. The monoisotopic (exact) mass is 347 g/mol. The Labute approximate surface area is 154 Å². The second kappa shape index (κ2) is 7.52. The number of nitrogens with one attached hydrogen (secondary N) is 2. The van der Waals surface area contributed by atoms with Crippen molar-refractivity contribution in [1.29, 1.82) is 0 Å². The van der Waals surface area contributed by atoms with Gasteiger partial charge in [-0.15, -0.1) is 5.10 Å². The highest BCUT2D eigenvalue weighted by Crippen LogP contribution is 2.30. The highest BCUT2D eigenvalue weighted by Gasteiger charge is 2.18.